The molecule has 1 aromatic heterocycles. The second-order valence-electron chi connectivity index (χ2n) is 5.24. The Hall–Kier alpha value is -0.920. The van der Waals surface area contributed by atoms with Gasteiger partial charge in [-0.25, -0.2) is 0 Å². The Balaban J connectivity index is 2.79. The summed E-state index contributed by atoms with van der Waals surface area (Å²) in [6.07, 6.45) is 4.82. The van der Waals surface area contributed by atoms with Gasteiger partial charge in [0, 0.05) is 17.8 Å². The van der Waals surface area contributed by atoms with Gasteiger partial charge in [0.25, 0.3) is 0 Å². The summed E-state index contributed by atoms with van der Waals surface area (Å²) in [5, 5.41) is 0. The van der Waals surface area contributed by atoms with E-state index < -0.39 is 0 Å². The molecule has 0 fully saturated rings. The van der Waals surface area contributed by atoms with Crippen LogP contribution in [0.4, 0.5) is 0 Å². The van der Waals surface area contributed by atoms with Crippen LogP contribution >= 0.6 is 0 Å². The van der Waals surface area contributed by atoms with Crippen LogP contribution in [-0.2, 0) is 11.8 Å². The molecule has 0 amide bonds. The minimum Gasteiger partial charge on any atom is -0.258 e. The van der Waals surface area contributed by atoms with E-state index in [4.69, 9.17) is 0 Å². The van der Waals surface area contributed by atoms with Gasteiger partial charge in [-0.15, -0.1) is 0 Å². The Bertz CT molecular complexity index is 280. The van der Waals surface area contributed by atoms with Crippen LogP contribution in [0.1, 0.15) is 46.0 Å². The van der Waals surface area contributed by atoms with Crippen LogP contribution in [0.3, 0.4) is 0 Å². The molecule has 0 atom stereocenters. The Morgan fingerprint density at radius 2 is 1.79 bits per heavy atom. The fraction of sp³-hybridized carbons (Fsp3) is 0.667. The highest BCUT2D eigenvalue weighted by Gasteiger charge is 2.15. The van der Waals surface area contributed by atoms with E-state index in [0.29, 0.717) is 5.92 Å². The molecule has 2 heteroatoms. The topological polar surface area (TPSA) is 25.8 Å². The molecule has 1 heterocycles. The zero-order valence-corrected chi connectivity index (χ0v) is 9.83. The molecule has 78 valence electrons. The Kier molecular flexibility index (Phi) is 3.25. The van der Waals surface area contributed by atoms with Crippen molar-refractivity contribution in [3.05, 3.63) is 23.8 Å². The van der Waals surface area contributed by atoms with Gasteiger partial charge < -0.3 is 0 Å². The van der Waals surface area contributed by atoms with Crippen LogP contribution in [-0.4, -0.2) is 9.97 Å². The van der Waals surface area contributed by atoms with Crippen molar-refractivity contribution < 1.29 is 0 Å². The van der Waals surface area contributed by atoms with Crippen LogP contribution in [0.5, 0.6) is 0 Å². The van der Waals surface area contributed by atoms with Crippen molar-refractivity contribution in [1.29, 1.82) is 0 Å². The molecule has 0 unspecified atom stereocenters. The largest absolute Gasteiger partial charge is 0.258 e. The fourth-order valence-electron chi connectivity index (χ4n) is 1.27. The molecule has 1 aromatic rings. The Labute approximate surface area is 86.8 Å². The first kappa shape index (κ1) is 11.2. The lowest BCUT2D eigenvalue weighted by molar-refractivity contribution is 0.560. The highest BCUT2D eigenvalue weighted by atomic mass is 14.8. The summed E-state index contributed by atoms with van der Waals surface area (Å²) >= 11 is 0. The van der Waals surface area contributed by atoms with Crippen molar-refractivity contribution in [2.75, 3.05) is 0 Å². The molecule has 0 saturated carbocycles. The number of hydrogen-bond donors (Lipinski definition) is 0. The van der Waals surface area contributed by atoms with Gasteiger partial charge in [0.2, 0.25) is 0 Å². The highest BCUT2D eigenvalue weighted by Crippen LogP contribution is 2.18. The Morgan fingerprint density at radius 1 is 1.14 bits per heavy atom. The summed E-state index contributed by atoms with van der Waals surface area (Å²) in [6, 6.07) is 0. The van der Waals surface area contributed by atoms with Crippen LogP contribution in [0.15, 0.2) is 12.4 Å². The van der Waals surface area contributed by atoms with Crippen LogP contribution in [0.2, 0.25) is 0 Å². The number of nitrogens with zero attached hydrogens (tertiary/aromatic N) is 2. The monoisotopic (exact) mass is 192 g/mol. The van der Waals surface area contributed by atoms with Crippen molar-refractivity contribution in [3.8, 4) is 0 Å². The predicted molar refractivity (Wildman–Crippen MR) is 59.3 cm³/mol. The number of hydrogen-bond acceptors (Lipinski definition) is 2. The normalized spacial score (nSPS) is 12.1. The van der Waals surface area contributed by atoms with Crippen molar-refractivity contribution >= 4 is 0 Å². The molecule has 0 aliphatic carbocycles. The third-order valence-electron chi connectivity index (χ3n) is 2.09. The molecule has 0 spiro atoms. The van der Waals surface area contributed by atoms with Gasteiger partial charge >= 0.3 is 0 Å². The quantitative estimate of drug-likeness (QED) is 0.720. The average molecular weight is 192 g/mol. The maximum Gasteiger partial charge on any atom is 0.0640 e. The second-order valence-corrected chi connectivity index (χ2v) is 5.24. The summed E-state index contributed by atoms with van der Waals surface area (Å²) in [7, 11) is 0. The van der Waals surface area contributed by atoms with E-state index in [1.807, 2.05) is 12.4 Å². The summed E-state index contributed by atoms with van der Waals surface area (Å²) < 4.78 is 0. The van der Waals surface area contributed by atoms with Gasteiger partial charge in [-0.1, -0.05) is 34.6 Å². The Morgan fingerprint density at radius 3 is 2.14 bits per heavy atom. The average Bonchev–Trinajstić information content (AvgIpc) is 2.02. The zero-order chi connectivity index (χ0) is 10.8. The molecule has 0 radical (unpaired) electrons. The lowest BCUT2D eigenvalue weighted by Crippen LogP contribution is -2.14. The van der Waals surface area contributed by atoms with Gasteiger partial charge in [-0.2, -0.15) is 0 Å². The van der Waals surface area contributed by atoms with E-state index in [0.717, 1.165) is 17.8 Å². The van der Waals surface area contributed by atoms with Crippen LogP contribution in [0, 0.1) is 5.92 Å². The van der Waals surface area contributed by atoms with Gasteiger partial charge in [-0.3, -0.25) is 9.97 Å². The van der Waals surface area contributed by atoms with Gasteiger partial charge in [0.1, 0.15) is 0 Å². The molecule has 1 rings (SSSR count). The minimum absolute atomic E-state index is 0.101. The zero-order valence-electron chi connectivity index (χ0n) is 9.83. The van der Waals surface area contributed by atoms with E-state index in [9.17, 15) is 0 Å². The molecule has 0 aromatic carbocycles. The van der Waals surface area contributed by atoms with E-state index in [2.05, 4.69) is 44.6 Å². The molecule has 0 aliphatic rings. The van der Waals surface area contributed by atoms with Gasteiger partial charge in [-0.05, 0) is 12.3 Å². The summed E-state index contributed by atoms with van der Waals surface area (Å²) in [4.78, 5) is 8.86. The second kappa shape index (κ2) is 4.07. The maximum atomic E-state index is 4.44. The van der Waals surface area contributed by atoms with Crippen LogP contribution < -0.4 is 0 Å². The number of rotatable bonds is 2. The lowest BCUT2D eigenvalue weighted by Gasteiger charge is -2.17. The molecule has 0 saturated heterocycles. The van der Waals surface area contributed by atoms with E-state index in [1.165, 1.54) is 0 Å². The fourth-order valence-corrected chi connectivity index (χ4v) is 1.27. The first-order valence-electron chi connectivity index (χ1n) is 5.21. The summed E-state index contributed by atoms with van der Waals surface area (Å²) in [5.74, 6) is 0.643. The summed E-state index contributed by atoms with van der Waals surface area (Å²) in [6.45, 7) is 10.8. The number of aromatic nitrogens is 2. The first-order chi connectivity index (χ1) is 6.39. The van der Waals surface area contributed by atoms with Gasteiger partial charge in [0.05, 0.1) is 11.4 Å². The van der Waals surface area contributed by atoms with Crippen molar-refractivity contribution in [3.63, 3.8) is 0 Å². The van der Waals surface area contributed by atoms with E-state index in [-0.39, 0.29) is 5.41 Å². The molecular formula is C12H20N2. The third kappa shape index (κ3) is 3.09. The maximum absolute atomic E-state index is 4.44. The highest BCUT2D eigenvalue weighted by molar-refractivity contribution is 5.10. The minimum atomic E-state index is 0.101. The van der Waals surface area contributed by atoms with E-state index in [1.54, 1.807) is 0 Å². The third-order valence-corrected chi connectivity index (χ3v) is 2.09. The standard InChI is InChI=1S/C12H20N2/c1-9(2)6-10-7-14-11(8-13-10)12(3,4)5/h7-9H,6H2,1-5H3. The molecular weight excluding hydrogens is 172 g/mol. The van der Waals surface area contributed by atoms with E-state index >= 15 is 0 Å². The smallest absolute Gasteiger partial charge is 0.0640 e. The van der Waals surface area contributed by atoms with Crippen LogP contribution in [0.25, 0.3) is 0 Å². The SMILES string of the molecule is CC(C)Cc1cnc(C(C)(C)C)cn1. The van der Waals surface area contributed by atoms with Crippen molar-refractivity contribution in [1.82, 2.24) is 9.97 Å². The molecule has 0 aliphatic heterocycles. The molecule has 2 nitrogen and oxygen atoms in total. The first-order valence-corrected chi connectivity index (χ1v) is 5.21. The lowest BCUT2D eigenvalue weighted by atomic mass is 9.92. The summed E-state index contributed by atoms with van der Waals surface area (Å²) in [5.41, 5.74) is 2.25. The molecule has 14 heavy (non-hydrogen) atoms. The molecule has 0 bridgehead atoms. The molecule has 0 N–H and O–H groups in total. The van der Waals surface area contributed by atoms with Gasteiger partial charge in [0.15, 0.2) is 0 Å². The predicted octanol–water partition coefficient (Wildman–Crippen LogP) is 2.97. The van der Waals surface area contributed by atoms with Crippen molar-refractivity contribution in [2.24, 2.45) is 5.92 Å². The van der Waals surface area contributed by atoms with Crippen molar-refractivity contribution in [2.45, 2.75) is 46.5 Å².